The van der Waals surface area contributed by atoms with Crippen LogP contribution in [0.1, 0.15) is 64.5 Å². The fraction of sp³-hybridized carbons (Fsp3) is 0.684. The van der Waals surface area contributed by atoms with E-state index >= 15 is 0 Å². The Morgan fingerprint density at radius 3 is 2.29 bits per heavy atom. The average molecular weight is 289 g/mol. The van der Waals surface area contributed by atoms with Crippen LogP contribution in [0.25, 0.3) is 0 Å². The molecule has 1 aromatic rings. The van der Waals surface area contributed by atoms with Crippen molar-refractivity contribution in [3.05, 3.63) is 35.9 Å². The molecule has 1 aliphatic rings. The minimum absolute atomic E-state index is 0.0549. The first-order chi connectivity index (χ1) is 9.94. The van der Waals surface area contributed by atoms with Gasteiger partial charge in [-0.1, -0.05) is 51.1 Å². The summed E-state index contributed by atoms with van der Waals surface area (Å²) in [6.45, 7) is 7.99. The number of hydrogen-bond donors (Lipinski definition) is 2. The summed E-state index contributed by atoms with van der Waals surface area (Å²) in [5, 5.41) is 13.4. The molecule has 1 aromatic carbocycles. The molecule has 0 aliphatic heterocycles. The molecule has 21 heavy (non-hydrogen) atoms. The topological polar surface area (TPSA) is 32.3 Å². The van der Waals surface area contributed by atoms with E-state index in [1.807, 2.05) is 0 Å². The van der Waals surface area contributed by atoms with E-state index in [1.54, 1.807) is 0 Å². The van der Waals surface area contributed by atoms with Crippen LogP contribution in [0.15, 0.2) is 30.3 Å². The summed E-state index contributed by atoms with van der Waals surface area (Å²) >= 11 is 0. The molecule has 0 amide bonds. The number of benzene rings is 1. The van der Waals surface area contributed by atoms with Gasteiger partial charge in [0.15, 0.2) is 0 Å². The zero-order valence-corrected chi connectivity index (χ0v) is 13.8. The first kappa shape index (κ1) is 16.5. The van der Waals surface area contributed by atoms with Crippen molar-refractivity contribution in [3.8, 4) is 0 Å². The van der Waals surface area contributed by atoms with Gasteiger partial charge in [0.25, 0.3) is 0 Å². The highest BCUT2D eigenvalue weighted by atomic mass is 16.3. The summed E-state index contributed by atoms with van der Waals surface area (Å²) in [5.74, 6) is 0.722. The second-order valence-corrected chi connectivity index (χ2v) is 7.81. The second kappa shape index (κ2) is 7.42. The molecule has 1 saturated carbocycles. The molecular weight excluding hydrogens is 258 g/mol. The lowest BCUT2D eigenvalue weighted by atomic mass is 9.84. The molecule has 0 bridgehead atoms. The van der Waals surface area contributed by atoms with Gasteiger partial charge in [0.1, 0.15) is 0 Å². The van der Waals surface area contributed by atoms with Crippen molar-refractivity contribution in [1.29, 1.82) is 0 Å². The Labute approximate surface area is 130 Å². The highest BCUT2D eigenvalue weighted by molar-refractivity contribution is 5.19. The van der Waals surface area contributed by atoms with Crippen molar-refractivity contribution < 1.29 is 5.11 Å². The zero-order chi connectivity index (χ0) is 15.3. The molecule has 0 heterocycles. The van der Waals surface area contributed by atoms with Gasteiger partial charge in [-0.2, -0.15) is 0 Å². The minimum atomic E-state index is -0.0549. The maximum absolute atomic E-state index is 9.61. The number of rotatable bonds is 5. The number of aliphatic hydroxyl groups is 1. The maximum atomic E-state index is 9.61. The smallest absolute Gasteiger partial charge is 0.0540 e. The number of nitrogens with one attached hydrogen (secondary N) is 1. The van der Waals surface area contributed by atoms with E-state index in [0.717, 1.165) is 44.6 Å². The van der Waals surface area contributed by atoms with Crippen LogP contribution in [0.3, 0.4) is 0 Å². The molecule has 1 atom stereocenters. The Morgan fingerprint density at radius 2 is 1.71 bits per heavy atom. The third kappa shape index (κ3) is 5.80. The zero-order valence-electron chi connectivity index (χ0n) is 13.8. The molecule has 2 N–H and O–H groups in total. The molecule has 2 rings (SSSR count). The van der Waals surface area contributed by atoms with E-state index < -0.39 is 0 Å². The number of aliphatic hydroxyl groups excluding tert-OH is 1. The third-order valence-corrected chi connectivity index (χ3v) is 4.49. The van der Waals surface area contributed by atoms with E-state index in [4.69, 9.17) is 0 Å². The van der Waals surface area contributed by atoms with Gasteiger partial charge < -0.3 is 10.4 Å². The monoisotopic (exact) mass is 289 g/mol. The van der Waals surface area contributed by atoms with Crippen LogP contribution in [0.5, 0.6) is 0 Å². The minimum Gasteiger partial charge on any atom is -0.393 e. The van der Waals surface area contributed by atoms with E-state index in [2.05, 4.69) is 56.4 Å². The highest BCUT2D eigenvalue weighted by Gasteiger charge is 2.23. The van der Waals surface area contributed by atoms with Crippen molar-refractivity contribution in [2.24, 2.45) is 11.3 Å². The van der Waals surface area contributed by atoms with Gasteiger partial charge in [-0.25, -0.2) is 0 Å². The van der Waals surface area contributed by atoms with Crippen molar-refractivity contribution in [2.45, 2.75) is 65.0 Å². The molecule has 0 radical (unpaired) electrons. The van der Waals surface area contributed by atoms with Crippen LogP contribution in [0.4, 0.5) is 0 Å². The number of hydrogen-bond acceptors (Lipinski definition) is 2. The molecule has 0 aromatic heterocycles. The first-order valence-electron chi connectivity index (χ1n) is 8.40. The van der Waals surface area contributed by atoms with Crippen LogP contribution in [0.2, 0.25) is 0 Å². The van der Waals surface area contributed by atoms with E-state index in [1.165, 1.54) is 5.56 Å². The molecule has 118 valence electrons. The Balaban J connectivity index is 1.93. The predicted molar refractivity (Wildman–Crippen MR) is 89.2 cm³/mol. The summed E-state index contributed by atoms with van der Waals surface area (Å²) in [4.78, 5) is 0. The summed E-state index contributed by atoms with van der Waals surface area (Å²) in [5.41, 5.74) is 1.71. The summed E-state index contributed by atoms with van der Waals surface area (Å²) < 4.78 is 0. The normalized spacial score (nSPS) is 24.8. The van der Waals surface area contributed by atoms with E-state index in [0.29, 0.717) is 11.5 Å². The fourth-order valence-electron chi connectivity index (χ4n) is 3.26. The largest absolute Gasteiger partial charge is 0.393 e. The van der Waals surface area contributed by atoms with Crippen molar-refractivity contribution in [1.82, 2.24) is 5.32 Å². The van der Waals surface area contributed by atoms with Crippen molar-refractivity contribution in [3.63, 3.8) is 0 Å². The van der Waals surface area contributed by atoms with Gasteiger partial charge in [0.2, 0.25) is 0 Å². The Hall–Kier alpha value is -0.860. The van der Waals surface area contributed by atoms with Crippen LogP contribution in [-0.2, 0) is 0 Å². The molecule has 0 saturated heterocycles. The molecular formula is C19H31NO. The summed E-state index contributed by atoms with van der Waals surface area (Å²) in [6.07, 6.45) is 5.35. The molecule has 0 spiro atoms. The van der Waals surface area contributed by atoms with Crippen LogP contribution < -0.4 is 5.32 Å². The second-order valence-electron chi connectivity index (χ2n) is 7.81. The van der Waals surface area contributed by atoms with Crippen LogP contribution >= 0.6 is 0 Å². The van der Waals surface area contributed by atoms with Crippen molar-refractivity contribution in [2.75, 3.05) is 6.54 Å². The quantitative estimate of drug-likeness (QED) is 0.847. The lowest BCUT2D eigenvalue weighted by Gasteiger charge is -2.31. The Kier molecular flexibility index (Phi) is 5.83. The molecule has 1 aliphatic carbocycles. The molecule has 2 nitrogen and oxygen atoms in total. The average Bonchev–Trinajstić information content (AvgIpc) is 2.45. The fourth-order valence-corrected chi connectivity index (χ4v) is 3.26. The van der Waals surface area contributed by atoms with E-state index in [9.17, 15) is 5.11 Å². The van der Waals surface area contributed by atoms with Gasteiger partial charge in [-0.15, -0.1) is 0 Å². The highest BCUT2D eigenvalue weighted by Crippen LogP contribution is 2.30. The molecule has 2 heteroatoms. The standard InChI is InChI=1S/C19H31NO/c1-19(2,3)13-18(16-7-5-4-6-8-16)20-14-15-9-11-17(21)12-10-15/h4-8,15,17-18,20-21H,9-14H2,1-3H3. The molecule has 1 fully saturated rings. The Morgan fingerprint density at radius 1 is 1.10 bits per heavy atom. The molecule has 1 unspecified atom stereocenters. The van der Waals surface area contributed by atoms with Gasteiger partial charge >= 0.3 is 0 Å². The Bertz CT molecular complexity index is 401. The summed E-state index contributed by atoms with van der Waals surface area (Å²) in [6, 6.07) is 11.2. The van der Waals surface area contributed by atoms with Crippen LogP contribution in [-0.4, -0.2) is 17.8 Å². The van der Waals surface area contributed by atoms with Crippen molar-refractivity contribution >= 4 is 0 Å². The van der Waals surface area contributed by atoms with Gasteiger partial charge in [-0.3, -0.25) is 0 Å². The van der Waals surface area contributed by atoms with Crippen LogP contribution in [0, 0.1) is 11.3 Å². The van der Waals surface area contributed by atoms with Gasteiger partial charge in [-0.05, 0) is 55.5 Å². The summed E-state index contributed by atoms with van der Waals surface area (Å²) in [7, 11) is 0. The predicted octanol–water partition coefficient (Wildman–Crippen LogP) is 4.30. The first-order valence-corrected chi connectivity index (χ1v) is 8.40. The SMILES string of the molecule is CC(C)(C)CC(NCC1CCC(O)CC1)c1ccccc1. The maximum Gasteiger partial charge on any atom is 0.0540 e. The van der Waals surface area contributed by atoms with E-state index in [-0.39, 0.29) is 6.10 Å². The van der Waals surface area contributed by atoms with Gasteiger partial charge in [0, 0.05) is 6.04 Å². The lowest BCUT2D eigenvalue weighted by Crippen LogP contribution is -2.32. The third-order valence-electron chi connectivity index (χ3n) is 4.49. The van der Waals surface area contributed by atoms with Gasteiger partial charge in [0.05, 0.1) is 6.10 Å². The lowest BCUT2D eigenvalue weighted by molar-refractivity contribution is 0.107.